The Morgan fingerprint density at radius 2 is 1.95 bits per heavy atom. The Kier molecular flexibility index (Phi) is 4.01. The van der Waals surface area contributed by atoms with Crippen LogP contribution in [0.1, 0.15) is 25.8 Å². The third kappa shape index (κ3) is 2.65. The van der Waals surface area contributed by atoms with E-state index in [0.29, 0.717) is 13.0 Å². The average molecular weight is 299 g/mol. The molecule has 0 radical (unpaired) electrons. The number of nitrogens with zero attached hydrogens (tertiary/aromatic N) is 1. The van der Waals surface area contributed by atoms with E-state index in [0.717, 1.165) is 5.56 Å². The molecule has 2 aliphatic rings. The van der Waals surface area contributed by atoms with Gasteiger partial charge in [-0.3, -0.25) is 9.59 Å². The molecule has 0 aromatic heterocycles. The predicted octanol–water partition coefficient (Wildman–Crippen LogP) is 2.54. The normalized spacial score (nSPS) is 27.8. The molecule has 4 nitrogen and oxygen atoms in total. The summed E-state index contributed by atoms with van der Waals surface area (Å²) in [6.45, 7) is 4.68. The van der Waals surface area contributed by atoms with Crippen LogP contribution in [-0.2, 0) is 20.9 Å². The Morgan fingerprint density at radius 1 is 1.23 bits per heavy atom. The number of hydrogen-bond acceptors (Lipinski definition) is 3. The number of ketones is 1. The lowest BCUT2D eigenvalue weighted by atomic mass is 9.74. The van der Waals surface area contributed by atoms with E-state index in [1.54, 1.807) is 0 Å². The molecule has 0 bridgehead atoms. The first-order valence-electron chi connectivity index (χ1n) is 7.77. The highest BCUT2D eigenvalue weighted by Crippen LogP contribution is 2.38. The van der Waals surface area contributed by atoms with Crippen molar-refractivity contribution in [1.82, 2.24) is 4.90 Å². The minimum absolute atomic E-state index is 0.0263. The Hall–Kier alpha value is -2.10. The molecule has 0 aliphatic carbocycles. The minimum Gasteiger partial charge on any atom is -0.495 e. The summed E-state index contributed by atoms with van der Waals surface area (Å²) in [5.74, 6) is 0.411. The van der Waals surface area contributed by atoms with Crippen LogP contribution >= 0.6 is 0 Å². The monoisotopic (exact) mass is 299 g/mol. The van der Waals surface area contributed by atoms with Crippen LogP contribution in [0.15, 0.2) is 42.7 Å². The van der Waals surface area contributed by atoms with E-state index in [-0.39, 0.29) is 35.7 Å². The second-order valence-electron chi connectivity index (χ2n) is 6.36. The van der Waals surface area contributed by atoms with Gasteiger partial charge in [0.1, 0.15) is 6.10 Å². The quantitative estimate of drug-likeness (QED) is 0.803. The van der Waals surface area contributed by atoms with Gasteiger partial charge in [0.2, 0.25) is 5.91 Å². The average Bonchev–Trinajstić information content (AvgIpc) is 2.50. The summed E-state index contributed by atoms with van der Waals surface area (Å²) in [7, 11) is 0. The maximum Gasteiger partial charge on any atom is 0.228 e. The van der Waals surface area contributed by atoms with Crippen molar-refractivity contribution in [3.05, 3.63) is 48.2 Å². The van der Waals surface area contributed by atoms with Crippen molar-refractivity contribution in [2.45, 2.75) is 39.0 Å². The molecule has 1 aromatic rings. The molecule has 3 atom stereocenters. The van der Waals surface area contributed by atoms with Crippen LogP contribution in [0.4, 0.5) is 0 Å². The first kappa shape index (κ1) is 14.8. The smallest absolute Gasteiger partial charge is 0.228 e. The van der Waals surface area contributed by atoms with E-state index in [2.05, 4.69) is 13.8 Å². The summed E-state index contributed by atoms with van der Waals surface area (Å²) in [6.07, 6.45) is 3.05. The van der Waals surface area contributed by atoms with E-state index < -0.39 is 0 Å². The number of carbonyl (C=O) groups excluding carboxylic acids is 2. The SMILES string of the molecule is CC(C)[C@@H]1C(=O)N(Cc2ccccc2)[C@H]1[C@@H]1CC(=O)C=CO1. The van der Waals surface area contributed by atoms with E-state index in [4.69, 9.17) is 4.74 Å². The summed E-state index contributed by atoms with van der Waals surface area (Å²) in [4.78, 5) is 26.0. The van der Waals surface area contributed by atoms with Gasteiger partial charge in [-0.2, -0.15) is 0 Å². The van der Waals surface area contributed by atoms with E-state index >= 15 is 0 Å². The largest absolute Gasteiger partial charge is 0.495 e. The first-order chi connectivity index (χ1) is 10.6. The van der Waals surface area contributed by atoms with Crippen molar-refractivity contribution in [2.24, 2.45) is 11.8 Å². The Bertz CT molecular complexity index is 594. The maximum atomic E-state index is 12.5. The number of β-lactam (4-membered cyclic amide) rings is 1. The number of ether oxygens (including phenoxy) is 1. The van der Waals surface area contributed by atoms with Gasteiger partial charge >= 0.3 is 0 Å². The Balaban J connectivity index is 1.80. The third-order valence-corrected chi connectivity index (χ3v) is 4.50. The van der Waals surface area contributed by atoms with Crippen LogP contribution in [-0.4, -0.2) is 28.7 Å². The van der Waals surface area contributed by atoms with Crippen LogP contribution in [0.5, 0.6) is 0 Å². The number of rotatable bonds is 4. The summed E-state index contributed by atoms with van der Waals surface area (Å²) < 4.78 is 5.65. The molecule has 0 spiro atoms. The van der Waals surface area contributed by atoms with Crippen LogP contribution in [0.2, 0.25) is 0 Å². The topological polar surface area (TPSA) is 46.6 Å². The molecule has 0 N–H and O–H groups in total. The Labute approximate surface area is 130 Å². The minimum atomic E-state index is -0.230. The second-order valence-corrected chi connectivity index (χ2v) is 6.36. The number of amides is 1. The third-order valence-electron chi connectivity index (χ3n) is 4.50. The van der Waals surface area contributed by atoms with Gasteiger partial charge in [-0.05, 0) is 11.5 Å². The number of allylic oxidation sites excluding steroid dienone is 1. The highest BCUT2D eigenvalue weighted by Gasteiger charge is 2.53. The number of hydrogen-bond donors (Lipinski definition) is 0. The fourth-order valence-electron chi connectivity index (χ4n) is 3.40. The van der Waals surface area contributed by atoms with Crippen molar-refractivity contribution in [3.8, 4) is 0 Å². The van der Waals surface area contributed by atoms with Gasteiger partial charge in [-0.15, -0.1) is 0 Å². The van der Waals surface area contributed by atoms with Gasteiger partial charge in [0.25, 0.3) is 0 Å². The molecule has 2 aliphatic heterocycles. The number of likely N-dealkylation sites (tertiary alicyclic amines) is 1. The summed E-state index contributed by atoms with van der Waals surface area (Å²) in [5, 5.41) is 0. The van der Waals surface area contributed by atoms with Crippen LogP contribution in [0.25, 0.3) is 0 Å². The van der Waals surface area contributed by atoms with Gasteiger partial charge in [-0.1, -0.05) is 44.2 Å². The second kappa shape index (κ2) is 5.95. The number of benzene rings is 1. The molecule has 2 heterocycles. The molecule has 4 heteroatoms. The van der Waals surface area contributed by atoms with Crippen LogP contribution in [0.3, 0.4) is 0 Å². The van der Waals surface area contributed by atoms with Crippen molar-refractivity contribution in [3.63, 3.8) is 0 Å². The molecule has 1 fully saturated rings. The molecular formula is C18H21NO3. The lowest BCUT2D eigenvalue weighted by Crippen LogP contribution is -2.67. The summed E-state index contributed by atoms with van der Waals surface area (Å²) >= 11 is 0. The maximum absolute atomic E-state index is 12.5. The fraction of sp³-hybridized carbons (Fsp3) is 0.444. The molecule has 1 aromatic carbocycles. The molecule has 0 saturated carbocycles. The lowest BCUT2D eigenvalue weighted by molar-refractivity contribution is -0.172. The molecule has 116 valence electrons. The highest BCUT2D eigenvalue weighted by atomic mass is 16.5. The lowest BCUT2D eigenvalue weighted by Gasteiger charge is -2.52. The van der Waals surface area contributed by atoms with Gasteiger partial charge < -0.3 is 9.64 Å². The molecule has 3 rings (SSSR count). The molecular weight excluding hydrogens is 278 g/mol. The fourth-order valence-corrected chi connectivity index (χ4v) is 3.40. The van der Waals surface area contributed by atoms with E-state index in [1.807, 2.05) is 35.2 Å². The summed E-state index contributed by atoms with van der Waals surface area (Å²) in [6, 6.07) is 9.90. The van der Waals surface area contributed by atoms with Crippen molar-refractivity contribution in [1.29, 1.82) is 0 Å². The first-order valence-corrected chi connectivity index (χ1v) is 7.77. The molecule has 1 amide bonds. The van der Waals surface area contributed by atoms with Crippen molar-refractivity contribution >= 4 is 11.7 Å². The van der Waals surface area contributed by atoms with Crippen molar-refractivity contribution in [2.75, 3.05) is 0 Å². The zero-order chi connectivity index (χ0) is 15.7. The zero-order valence-electron chi connectivity index (χ0n) is 12.9. The zero-order valence-corrected chi connectivity index (χ0v) is 12.9. The van der Waals surface area contributed by atoms with Gasteiger partial charge in [0, 0.05) is 19.0 Å². The number of carbonyl (C=O) groups is 2. The molecule has 1 saturated heterocycles. The highest BCUT2D eigenvalue weighted by molar-refractivity contribution is 5.91. The van der Waals surface area contributed by atoms with Gasteiger partial charge in [0.05, 0.1) is 18.2 Å². The van der Waals surface area contributed by atoms with Crippen LogP contribution in [0, 0.1) is 11.8 Å². The molecule has 22 heavy (non-hydrogen) atoms. The Morgan fingerprint density at radius 3 is 2.59 bits per heavy atom. The summed E-state index contributed by atoms with van der Waals surface area (Å²) in [5.41, 5.74) is 1.10. The predicted molar refractivity (Wildman–Crippen MR) is 82.7 cm³/mol. The van der Waals surface area contributed by atoms with E-state index in [1.165, 1.54) is 12.3 Å². The van der Waals surface area contributed by atoms with Crippen LogP contribution < -0.4 is 0 Å². The van der Waals surface area contributed by atoms with E-state index in [9.17, 15) is 9.59 Å². The van der Waals surface area contributed by atoms with Gasteiger partial charge in [-0.25, -0.2) is 0 Å². The standard InChI is InChI=1S/C18H21NO3/c1-12(2)16-17(15-10-14(20)8-9-22-15)19(18(16)21)11-13-6-4-3-5-7-13/h3-9,12,15-17H,10-11H2,1-2H3/t15-,16-,17-/m0/s1. The van der Waals surface area contributed by atoms with Crippen molar-refractivity contribution < 1.29 is 14.3 Å². The molecule has 0 unspecified atom stereocenters. The van der Waals surface area contributed by atoms with Gasteiger partial charge in [0.15, 0.2) is 5.78 Å².